The van der Waals surface area contributed by atoms with Crippen LogP contribution >= 0.6 is 11.3 Å². The standard InChI is InChI=1S/C14H15F3N2S/c1-9(7-18)12-8-19-13(20-12)6-10-3-2-4-11(5-10)14(15,16)17/h2-5,8-9H,6-7,18H2,1H3. The first kappa shape index (κ1) is 15.0. The molecule has 108 valence electrons. The number of benzene rings is 1. The molecule has 6 heteroatoms. The van der Waals surface area contributed by atoms with E-state index in [2.05, 4.69) is 4.98 Å². The number of aromatic nitrogens is 1. The zero-order chi connectivity index (χ0) is 14.8. The summed E-state index contributed by atoms with van der Waals surface area (Å²) in [6, 6.07) is 5.36. The van der Waals surface area contributed by atoms with Crippen molar-refractivity contribution in [1.82, 2.24) is 4.98 Å². The molecule has 2 nitrogen and oxygen atoms in total. The lowest BCUT2D eigenvalue weighted by Gasteiger charge is -2.07. The summed E-state index contributed by atoms with van der Waals surface area (Å²) in [5, 5.41) is 0.805. The second-order valence-corrected chi connectivity index (χ2v) is 5.81. The highest BCUT2D eigenvalue weighted by atomic mass is 32.1. The van der Waals surface area contributed by atoms with Gasteiger partial charge < -0.3 is 5.73 Å². The molecular formula is C14H15F3N2S. The molecule has 0 bridgehead atoms. The van der Waals surface area contributed by atoms with Crippen molar-refractivity contribution in [1.29, 1.82) is 0 Å². The summed E-state index contributed by atoms with van der Waals surface area (Å²) in [5.41, 5.74) is 5.58. The average molecular weight is 300 g/mol. The Morgan fingerprint density at radius 1 is 1.35 bits per heavy atom. The molecule has 1 aromatic carbocycles. The molecule has 0 radical (unpaired) electrons. The monoisotopic (exact) mass is 300 g/mol. The van der Waals surface area contributed by atoms with E-state index in [1.165, 1.54) is 23.5 Å². The van der Waals surface area contributed by atoms with Gasteiger partial charge in [0.2, 0.25) is 0 Å². The van der Waals surface area contributed by atoms with Gasteiger partial charge in [-0.05, 0) is 18.2 Å². The van der Waals surface area contributed by atoms with Crippen molar-refractivity contribution in [3.05, 3.63) is 51.5 Å². The van der Waals surface area contributed by atoms with Gasteiger partial charge in [-0.2, -0.15) is 13.2 Å². The number of alkyl halides is 3. The third-order valence-electron chi connectivity index (χ3n) is 3.02. The minimum absolute atomic E-state index is 0.225. The van der Waals surface area contributed by atoms with Crippen molar-refractivity contribution in [2.75, 3.05) is 6.54 Å². The van der Waals surface area contributed by atoms with Gasteiger partial charge in [0, 0.05) is 23.4 Å². The normalized spacial score (nSPS) is 13.4. The Balaban J connectivity index is 2.16. The molecular weight excluding hydrogens is 285 g/mol. The molecule has 0 amide bonds. The number of hydrogen-bond acceptors (Lipinski definition) is 3. The van der Waals surface area contributed by atoms with E-state index >= 15 is 0 Å². The summed E-state index contributed by atoms with van der Waals surface area (Å²) in [6.07, 6.45) is -2.14. The molecule has 2 N–H and O–H groups in total. The predicted octanol–water partition coefficient (Wildman–Crippen LogP) is 3.81. The number of thiazole rings is 1. The largest absolute Gasteiger partial charge is 0.416 e. The minimum atomic E-state index is -4.31. The Morgan fingerprint density at radius 3 is 2.75 bits per heavy atom. The number of rotatable bonds is 4. The Kier molecular flexibility index (Phi) is 4.45. The highest BCUT2D eigenvalue weighted by molar-refractivity contribution is 7.11. The lowest BCUT2D eigenvalue weighted by Crippen LogP contribution is -2.07. The Bertz CT molecular complexity index is 578. The first-order valence-corrected chi connectivity index (χ1v) is 7.02. The lowest BCUT2D eigenvalue weighted by atomic mass is 10.1. The first-order chi connectivity index (χ1) is 9.40. The maximum Gasteiger partial charge on any atom is 0.416 e. The van der Waals surface area contributed by atoms with Crippen LogP contribution in [0.15, 0.2) is 30.5 Å². The zero-order valence-electron chi connectivity index (χ0n) is 10.9. The summed E-state index contributed by atoms with van der Waals surface area (Å²) < 4.78 is 37.9. The van der Waals surface area contributed by atoms with E-state index in [4.69, 9.17) is 5.73 Å². The molecule has 0 spiro atoms. The second kappa shape index (κ2) is 5.93. The fourth-order valence-corrected chi connectivity index (χ4v) is 2.80. The van der Waals surface area contributed by atoms with Crippen LogP contribution in [0, 0.1) is 0 Å². The molecule has 0 fully saturated rings. The van der Waals surface area contributed by atoms with Gasteiger partial charge in [-0.3, -0.25) is 0 Å². The maximum absolute atomic E-state index is 12.6. The minimum Gasteiger partial charge on any atom is -0.330 e. The van der Waals surface area contributed by atoms with Gasteiger partial charge in [-0.25, -0.2) is 4.98 Å². The van der Waals surface area contributed by atoms with Crippen molar-refractivity contribution >= 4 is 11.3 Å². The third kappa shape index (κ3) is 3.58. The molecule has 2 aromatic rings. The Hall–Kier alpha value is -1.40. The quantitative estimate of drug-likeness (QED) is 0.932. The van der Waals surface area contributed by atoms with Crippen molar-refractivity contribution in [2.45, 2.75) is 25.4 Å². The SMILES string of the molecule is CC(CN)c1cnc(Cc2cccc(C(F)(F)F)c2)s1. The van der Waals surface area contributed by atoms with Gasteiger partial charge in [-0.1, -0.05) is 25.1 Å². The van der Waals surface area contributed by atoms with Crippen LogP contribution in [0.2, 0.25) is 0 Å². The van der Waals surface area contributed by atoms with Crippen molar-refractivity contribution < 1.29 is 13.2 Å². The number of halogens is 3. The van der Waals surface area contributed by atoms with E-state index < -0.39 is 11.7 Å². The van der Waals surface area contributed by atoms with Crippen LogP contribution in [-0.2, 0) is 12.6 Å². The molecule has 0 saturated heterocycles. The summed E-state index contributed by atoms with van der Waals surface area (Å²) in [5.74, 6) is 0.225. The molecule has 0 aliphatic rings. The third-order valence-corrected chi connectivity index (χ3v) is 4.25. The highest BCUT2D eigenvalue weighted by Gasteiger charge is 2.30. The maximum atomic E-state index is 12.6. The number of hydrogen-bond donors (Lipinski definition) is 1. The molecule has 1 atom stereocenters. The van der Waals surface area contributed by atoms with E-state index in [0.717, 1.165) is 16.0 Å². The second-order valence-electron chi connectivity index (χ2n) is 4.67. The van der Waals surface area contributed by atoms with E-state index in [0.29, 0.717) is 18.5 Å². The van der Waals surface area contributed by atoms with Crippen LogP contribution in [0.4, 0.5) is 13.2 Å². The Morgan fingerprint density at radius 2 is 2.10 bits per heavy atom. The van der Waals surface area contributed by atoms with Crippen molar-refractivity contribution in [3.8, 4) is 0 Å². The van der Waals surface area contributed by atoms with E-state index in [-0.39, 0.29) is 5.92 Å². The van der Waals surface area contributed by atoms with Crippen LogP contribution in [0.3, 0.4) is 0 Å². The molecule has 20 heavy (non-hydrogen) atoms. The molecule has 0 aliphatic carbocycles. The smallest absolute Gasteiger partial charge is 0.330 e. The van der Waals surface area contributed by atoms with Crippen LogP contribution in [0.1, 0.15) is 33.9 Å². The highest BCUT2D eigenvalue weighted by Crippen LogP contribution is 2.30. The topological polar surface area (TPSA) is 38.9 Å². The summed E-state index contributed by atoms with van der Waals surface area (Å²) in [6.45, 7) is 2.53. The Labute approximate surface area is 119 Å². The molecule has 2 rings (SSSR count). The van der Waals surface area contributed by atoms with Gasteiger partial charge in [0.25, 0.3) is 0 Å². The molecule has 1 aromatic heterocycles. The lowest BCUT2D eigenvalue weighted by molar-refractivity contribution is -0.137. The summed E-state index contributed by atoms with van der Waals surface area (Å²) in [4.78, 5) is 5.32. The van der Waals surface area contributed by atoms with Crippen LogP contribution in [0.5, 0.6) is 0 Å². The van der Waals surface area contributed by atoms with Gasteiger partial charge in [0.05, 0.1) is 10.6 Å². The van der Waals surface area contributed by atoms with Crippen LogP contribution < -0.4 is 5.73 Å². The molecule has 0 saturated carbocycles. The fraction of sp³-hybridized carbons (Fsp3) is 0.357. The fourth-order valence-electron chi connectivity index (χ4n) is 1.78. The first-order valence-electron chi connectivity index (χ1n) is 6.21. The molecule has 1 unspecified atom stereocenters. The van der Waals surface area contributed by atoms with Gasteiger partial charge >= 0.3 is 6.18 Å². The van der Waals surface area contributed by atoms with Gasteiger partial charge in [0.15, 0.2) is 0 Å². The van der Waals surface area contributed by atoms with Crippen LogP contribution in [0.25, 0.3) is 0 Å². The average Bonchev–Trinajstić information content (AvgIpc) is 2.85. The predicted molar refractivity (Wildman–Crippen MR) is 73.8 cm³/mol. The molecule has 0 aliphatic heterocycles. The molecule has 1 heterocycles. The summed E-state index contributed by atoms with van der Waals surface area (Å²) in [7, 11) is 0. The van der Waals surface area contributed by atoms with Gasteiger partial charge in [0.1, 0.15) is 0 Å². The van der Waals surface area contributed by atoms with Gasteiger partial charge in [-0.15, -0.1) is 11.3 Å². The summed E-state index contributed by atoms with van der Waals surface area (Å²) >= 11 is 1.50. The van der Waals surface area contributed by atoms with Crippen molar-refractivity contribution in [3.63, 3.8) is 0 Å². The van der Waals surface area contributed by atoms with Crippen LogP contribution in [-0.4, -0.2) is 11.5 Å². The van der Waals surface area contributed by atoms with Crippen molar-refractivity contribution in [2.24, 2.45) is 5.73 Å². The van der Waals surface area contributed by atoms with E-state index in [1.54, 1.807) is 12.3 Å². The number of nitrogens with two attached hydrogens (primary N) is 1. The van der Waals surface area contributed by atoms with E-state index in [9.17, 15) is 13.2 Å². The zero-order valence-corrected chi connectivity index (χ0v) is 11.8. The van der Waals surface area contributed by atoms with E-state index in [1.807, 2.05) is 6.92 Å². The number of nitrogens with zero attached hydrogens (tertiary/aromatic N) is 1.